The van der Waals surface area contributed by atoms with E-state index in [0.717, 1.165) is 19.7 Å². The van der Waals surface area contributed by atoms with Crippen LogP contribution in [-0.4, -0.2) is 58.4 Å². The zero-order valence-corrected chi connectivity index (χ0v) is 13.6. The number of methoxy groups -OCH3 is 1. The van der Waals surface area contributed by atoms with Crippen molar-refractivity contribution in [2.24, 2.45) is 0 Å². The summed E-state index contributed by atoms with van der Waals surface area (Å²) in [4.78, 5) is 4.86. The first-order valence-corrected chi connectivity index (χ1v) is 7.90. The average molecular weight is 291 g/mol. The molecule has 0 spiro atoms. The first-order chi connectivity index (χ1) is 10.2. The molecule has 1 aromatic rings. The molecule has 0 amide bonds. The van der Waals surface area contributed by atoms with Crippen molar-refractivity contribution in [2.45, 2.75) is 25.4 Å². The maximum atomic E-state index is 5.03. The first-order valence-electron chi connectivity index (χ1n) is 7.90. The lowest BCUT2D eigenvalue weighted by Gasteiger charge is -2.36. The molecule has 0 saturated carbocycles. The van der Waals surface area contributed by atoms with Gasteiger partial charge in [0, 0.05) is 39.0 Å². The van der Waals surface area contributed by atoms with Crippen molar-refractivity contribution in [3.8, 4) is 0 Å². The van der Waals surface area contributed by atoms with E-state index in [9.17, 15) is 0 Å². The van der Waals surface area contributed by atoms with E-state index in [1.807, 2.05) is 0 Å². The van der Waals surface area contributed by atoms with Gasteiger partial charge in [0.1, 0.15) is 0 Å². The molecule has 118 valence electrons. The Kier molecular flexibility index (Phi) is 6.49. The lowest BCUT2D eigenvalue weighted by Crippen LogP contribution is -2.41. The standard InChI is InChI=1S/C17H29N3O/c1-19-11-8-17(9-12-19)20(2)16-6-4-15(5-7-16)14-18-10-13-21-3/h4-7,17-18H,8-14H2,1-3H3. The van der Waals surface area contributed by atoms with Crippen molar-refractivity contribution in [1.82, 2.24) is 10.2 Å². The van der Waals surface area contributed by atoms with Gasteiger partial charge in [-0.2, -0.15) is 0 Å². The highest BCUT2D eigenvalue weighted by molar-refractivity contribution is 5.48. The number of anilines is 1. The van der Waals surface area contributed by atoms with Crippen LogP contribution in [0.5, 0.6) is 0 Å². The molecular weight excluding hydrogens is 262 g/mol. The molecule has 1 saturated heterocycles. The number of ether oxygens (including phenoxy) is 1. The SMILES string of the molecule is COCCNCc1ccc(N(C)C2CCN(C)CC2)cc1. The van der Waals surface area contributed by atoms with Gasteiger partial charge < -0.3 is 19.9 Å². The average Bonchev–Trinajstić information content (AvgIpc) is 2.52. The van der Waals surface area contributed by atoms with Gasteiger partial charge in [0.05, 0.1) is 6.61 Å². The molecule has 0 radical (unpaired) electrons. The Hall–Kier alpha value is -1.10. The summed E-state index contributed by atoms with van der Waals surface area (Å²) in [6, 6.07) is 9.60. The molecule has 4 nitrogen and oxygen atoms in total. The largest absolute Gasteiger partial charge is 0.383 e. The van der Waals surface area contributed by atoms with Crippen LogP contribution in [-0.2, 0) is 11.3 Å². The van der Waals surface area contributed by atoms with Crippen LogP contribution >= 0.6 is 0 Å². The van der Waals surface area contributed by atoms with Gasteiger partial charge in [0.2, 0.25) is 0 Å². The molecular formula is C17H29N3O. The maximum absolute atomic E-state index is 5.03. The molecule has 0 aliphatic carbocycles. The molecule has 1 heterocycles. The first kappa shape index (κ1) is 16.3. The zero-order chi connectivity index (χ0) is 15.1. The predicted octanol–water partition coefficient (Wildman–Crippen LogP) is 1.95. The summed E-state index contributed by atoms with van der Waals surface area (Å²) in [6.07, 6.45) is 2.51. The number of hydrogen-bond donors (Lipinski definition) is 1. The Morgan fingerprint density at radius 3 is 2.52 bits per heavy atom. The molecule has 21 heavy (non-hydrogen) atoms. The van der Waals surface area contributed by atoms with Crippen LogP contribution in [0.1, 0.15) is 18.4 Å². The number of likely N-dealkylation sites (tertiary alicyclic amines) is 1. The molecule has 1 N–H and O–H groups in total. The Bertz CT molecular complexity index is 399. The molecule has 1 aliphatic heterocycles. The van der Waals surface area contributed by atoms with E-state index in [4.69, 9.17) is 4.74 Å². The highest BCUT2D eigenvalue weighted by atomic mass is 16.5. The topological polar surface area (TPSA) is 27.7 Å². The molecule has 1 aromatic carbocycles. The van der Waals surface area contributed by atoms with Gasteiger partial charge in [-0.3, -0.25) is 0 Å². The minimum absolute atomic E-state index is 0.673. The van der Waals surface area contributed by atoms with Crippen molar-refractivity contribution in [1.29, 1.82) is 0 Å². The van der Waals surface area contributed by atoms with Crippen molar-refractivity contribution >= 4 is 5.69 Å². The van der Waals surface area contributed by atoms with Crippen molar-refractivity contribution in [3.63, 3.8) is 0 Å². The Balaban J connectivity index is 1.83. The van der Waals surface area contributed by atoms with Crippen molar-refractivity contribution < 1.29 is 4.74 Å². The van der Waals surface area contributed by atoms with Crippen molar-refractivity contribution in [3.05, 3.63) is 29.8 Å². The molecule has 0 atom stereocenters. The summed E-state index contributed by atoms with van der Waals surface area (Å²) in [6.45, 7) is 4.97. The summed E-state index contributed by atoms with van der Waals surface area (Å²) in [5.74, 6) is 0. The smallest absolute Gasteiger partial charge is 0.0587 e. The van der Waals surface area contributed by atoms with Gasteiger partial charge in [-0.05, 0) is 50.7 Å². The fourth-order valence-corrected chi connectivity index (χ4v) is 2.85. The third-order valence-electron chi connectivity index (χ3n) is 4.39. The van der Waals surface area contributed by atoms with Gasteiger partial charge in [-0.25, -0.2) is 0 Å². The highest BCUT2D eigenvalue weighted by Gasteiger charge is 2.20. The van der Waals surface area contributed by atoms with Crippen LogP contribution in [0.15, 0.2) is 24.3 Å². The summed E-state index contributed by atoms with van der Waals surface area (Å²) in [5, 5.41) is 3.38. The number of hydrogen-bond acceptors (Lipinski definition) is 4. The molecule has 1 aliphatic rings. The second-order valence-corrected chi connectivity index (χ2v) is 5.98. The monoisotopic (exact) mass is 291 g/mol. The predicted molar refractivity (Wildman–Crippen MR) is 88.9 cm³/mol. The number of rotatable bonds is 7. The Labute approximate surface area is 129 Å². The molecule has 2 rings (SSSR count). The minimum atomic E-state index is 0.673. The van der Waals surface area contributed by atoms with Crippen molar-refractivity contribution in [2.75, 3.05) is 52.3 Å². The van der Waals surface area contributed by atoms with E-state index in [2.05, 4.69) is 53.5 Å². The molecule has 4 heteroatoms. The number of benzene rings is 1. The zero-order valence-electron chi connectivity index (χ0n) is 13.6. The second kappa shape index (κ2) is 8.37. The highest BCUT2D eigenvalue weighted by Crippen LogP contribution is 2.22. The van der Waals surface area contributed by atoms with Crippen LogP contribution < -0.4 is 10.2 Å². The van der Waals surface area contributed by atoms with Gasteiger partial charge in [-0.15, -0.1) is 0 Å². The minimum Gasteiger partial charge on any atom is -0.383 e. The van der Waals surface area contributed by atoms with Crippen LogP contribution in [0.25, 0.3) is 0 Å². The van der Waals surface area contributed by atoms with Gasteiger partial charge in [-0.1, -0.05) is 12.1 Å². The van der Waals surface area contributed by atoms with Gasteiger partial charge in [0.25, 0.3) is 0 Å². The normalized spacial score (nSPS) is 17.1. The van der Waals surface area contributed by atoms with Crippen LogP contribution in [0.4, 0.5) is 5.69 Å². The van der Waals surface area contributed by atoms with Gasteiger partial charge in [0.15, 0.2) is 0 Å². The Morgan fingerprint density at radius 2 is 1.90 bits per heavy atom. The van der Waals surface area contributed by atoms with Crippen LogP contribution in [0, 0.1) is 0 Å². The number of piperidine rings is 1. The van der Waals surface area contributed by atoms with E-state index in [1.165, 1.54) is 37.2 Å². The van der Waals surface area contributed by atoms with E-state index in [0.29, 0.717) is 6.04 Å². The molecule has 1 fully saturated rings. The fourth-order valence-electron chi connectivity index (χ4n) is 2.85. The van der Waals surface area contributed by atoms with E-state index in [-0.39, 0.29) is 0 Å². The third kappa shape index (κ3) is 4.99. The van der Waals surface area contributed by atoms with Gasteiger partial charge >= 0.3 is 0 Å². The quantitative estimate of drug-likeness (QED) is 0.777. The summed E-state index contributed by atoms with van der Waals surface area (Å²) < 4.78 is 5.03. The number of nitrogens with one attached hydrogen (secondary N) is 1. The molecule has 0 aromatic heterocycles. The number of nitrogens with zero attached hydrogens (tertiary/aromatic N) is 2. The molecule has 0 bridgehead atoms. The second-order valence-electron chi connectivity index (χ2n) is 5.98. The van der Waals surface area contributed by atoms with Crippen LogP contribution in [0.3, 0.4) is 0 Å². The van der Waals surface area contributed by atoms with E-state index in [1.54, 1.807) is 7.11 Å². The van der Waals surface area contributed by atoms with E-state index < -0.39 is 0 Å². The summed E-state index contributed by atoms with van der Waals surface area (Å²) in [7, 11) is 6.17. The lowest BCUT2D eigenvalue weighted by atomic mass is 10.0. The van der Waals surface area contributed by atoms with Crippen LogP contribution in [0.2, 0.25) is 0 Å². The third-order valence-corrected chi connectivity index (χ3v) is 4.39. The van der Waals surface area contributed by atoms with E-state index >= 15 is 0 Å². The summed E-state index contributed by atoms with van der Waals surface area (Å²) in [5.41, 5.74) is 2.65. The lowest BCUT2D eigenvalue weighted by molar-refractivity contribution is 0.199. The Morgan fingerprint density at radius 1 is 1.24 bits per heavy atom. The maximum Gasteiger partial charge on any atom is 0.0587 e. The molecule has 0 unspecified atom stereocenters. The fraction of sp³-hybridized carbons (Fsp3) is 0.647. The summed E-state index contributed by atoms with van der Waals surface area (Å²) >= 11 is 0.